The van der Waals surface area contributed by atoms with E-state index in [0.717, 1.165) is 48.9 Å². The normalized spacial score (nSPS) is 21.4. The Balaban J connectivity index is 1.51. The molecule has 0 spiro atoms. The Morgan fingerprint density at radius 2 is 2.15 bits per heavy atom. The molecule has 0 radical (unpaired) electrons. The number of H-pyrrole nitrogens is 1. The van der Waals surface area contributed by atoms with Gasteiger partial charge in [0.05, 0.1) is 0 Å². The number of hydrogen-bond acceptors (Lipinski definition) is 3. The van der Waals surface area contributed by atoms with Crippen molar-refractivity contribution in [1.82, 2.24) is 19.8 Å². The number of nitrogens with one attached hydrogen (secondary N) is 1. The van der Waals surface area contributed by atoms with Crippen LogP contribution in [0.2, 0.25) is 0 Å². The quantitative estimate of drug-likeness (QED) is 0.879. The first-order chi connectivity index (χ1) is 13.1. The molecular weight excluding hydrogens is 336 g/mol. The van der Waals surface area contributed by atoms with Crippen LogP contribution in [0.1, 0.15) is 43.5 Å². The van der Waals surface area contributed by atoms with Gasteiger partial charge in [-0.1, -0.05) is 26.0 Å². The number of imidazole rings is 1. The fourth-order valence-electron chi connectivity index (χ4n) is 4.14. The number of benzene rings is 1. The standard InChI is InChI=1S/C22H30N4O/c1-16(2)20-15-26(12-4-11-25(20)14-17-7-8-17)22(27)19-6-3-5-18(13-19)21-23-9-10-24-21/h3,5-6,9-10,13,16-17,20H,4,7-8,11-12,14-15H2,1-2H3,(H,23,24). The first-order valence-corrected chi connectivity index (χ1v) is 10.2. The summed E-state index contributed by atoms with van der Waals surface area (Å²) in [6, 6.07) is 8.27. The maximum Gasteiger partial charge on any atom is 0.253 e. The van der Waals surface area contributed by atoms with E-state index >= 15 is 0 Å². The summed E-state index contributed by atoms with van der Waals surface area (Å²) in [5.74, 6) is 2.38. The zero-order valence-electron chi connectivity index (χ0n) is 16.4. The first-order valence-electron chi connectivity index (χ1n) is 10.2. The van der Waals surface area contributed by atoms with Gasteiger partial charge in [0, 0.05) is 55.7 Å². The summed E-state index contributed by atoms with van der Waals surface area (Å²) >= 11 is 0. The molecule has 1 atom stereocenters. The van der Waals surface area contributed by atoms with Crippen LogP contribution in [0.3, 0.4) is 0 Å². The number of aromatic nitrogens is 2. The third-order valence-electron chi connectivity index (χ3n) is 5.88. The minimum Gasteiger partial charge on any atom is -0.345 e. The van der Waals surface area contributed by atoms with Gasteiger partial charge < -0.3 is 9.88 Å². The van der Waals surface area contributed by atoms with Gasteiger partial charge in [-0.2, -0.15) is 0 Å². The largest absolute Gasteiger partial charge is 0.345 e. The fourth-order valence-corrected chi connectivity index (χ4v) is 4.14. The minimum absolute atomic E-state index is 0.141. The molecule has 1 saturated heterocycles. The van der Waals surface area contributed by atoms with Crippen LogP contribution in [0, 0.1) is 11.8 Å². The minimum atomic E-state index is 0.141. The van der Waals surface area contributed by atoms with Crippen molar-refractivity contribution in [2.24, 2.45) is 11.8 Å². The second kappa shape index (κ2) is 7.85. The van der Waals surface area contributed by atoms with E-state index in [1.54, 1.807) is 12.4 Å². The second-order valence-electron chi connectivity index (χ2n) is 8.37. The summed E-state index contributed by atoms with van der Waals surface area (Å²) in [7, 11) is 0. The molecule has 1 aliphatic heterocycles. The van der Waals surface area contributed by atoms with Crippen LogP contribution in [0.15, 0.2) is 36.7 Å². The Kier molecular flexibility index (Phi) is 5.30. The molecule has 2 aliphatic rings. The molecule has 2 aromatic rings. The molecule has 144 valence electrons. The van der Waals surface area contributed by atoms with E-state index in [1.165, 1.54) is 19.4 Å². The lowest BCUT2D eigenvalue weighted by Gasteiger charge is -2.34. The molecule has 1 unspecified atom stereocenters. The number of carbonyl (C=O) groups is 1. The summed E-state index contributed by atoms with van der Waals surface area (Å²) < 4.78 is 0. The van der Waals surface area contributed by atoms with Gasteiger partial charge >= 0.3 is 0 Å². The number of aromatic amines is 1. The van der Waals surface area contributed by atoms with Gasteiger partial charge in [-0.25, -0.2) is 4.98 Å². The monoisotopic (exact) mass is 366 g/mol. The van der Waals surface area contributed by atoms with Gasteiger partial charge in [0.25, 0.3) is 5.91 Å². The Bertz CT molecular complexity index is 766. The van der Waals surface area contributed by atoms with Gasteiger partial charge in [-0.3, -0.25) is 9.69 Å². The molecule has 1 saturated carbocycles. The lowest BCUT2D eigenvalue weighted by atomic mass is 10.0. The van der Waals surface area contributed by atoms with E-state index in [1.807, 2.05) is 24.3 Å². The fraction of sp³-hybridized carbons (Fsp3) is 0.545. The third-order valence-corrected chi connectivity index (χ3v) is 5.88. The molecule has 1 aromatic carbocycles. The van der Waals surface area contributed by atoms with Crippen molar-refractivity contribution >= 4 is 5.91 Å². The van der Waals surface area contributed by atoms with Crippen molar-refractivity contribution in [2.45, 2.75) is 39.2 Å². The van der Waals surface area contributed by atoms with Crippen LogP contribution < -0.4 is 0 Å². The summed E-state index contributed by atoms with van der Waals surface area (Å²) in [6.07, 6.45) is 7.35. The second-order valence-corrected chi connectivity index (χ2v) is 8.37. The van der Waals surface area contributed by atoms with Crippen molar-refractivity contribution in [2.75, 3.05) is 26.2 Å². The van der Waals surface area contributed by atoms with Gasteiger partial charge in [0.1, 0.15) is 5.82 Å². The molecule has 2 fully saturated rings. The van der Waals surface area contributed by atoms with Crippen LogP contribution >= 0.6 is 0 Å². The molecule has 0 bridgehead atoms. The lowest BCUT2D eigenvalue weighted by molar-refractivity contribution is 0.0704. The molecule has 1 aliphatic carbocycles. The molecule has 5 nitrogen and oxygen atoms in total. The van der Waals surface area contributed by atoms with E-state index < -0.39 is 0 Å². The summed E-state index contributed by atoms with van der Waals surface area (Å²) in [5, 5.41) is 0. The lowest BCUT2D eigenvalue weighted by Crippen LogP contribution is -2.46. The zero-order chi connectivity index (χ0) is 18.8. The number of nitrogens with zero attached hydrogens (tertiary/aromatic N) is 3. The van der Waals surface area contributed by atoms with Crippen LogP contribution in [-0.4, -0.2) is 57.9 Å². The van der Waals surface area contributed by atoms with Crippen LogP contribution in [-0.2, 0) is 0 Å². The van der Waals surface area contributed by atoms with Gasteiger partial charge in [-0.05, 0) is 43.2 Å². The number of amides is 1. The molecular formula is C22H30N4O. The maximum atomic E-state index is 13.3. The highest BCUT2D eigenvalue weighted by atomic mass is 16.2. The molecule has 1 aromatic heterocycles. The van der Waals surface area contributed by atoms with Gasteiger partial charge in [0.15, 0.2) is 0 Å². The van der Waals surface area contributed by atoms with Crippen LogP contribution in [0.25, 0.3) is 11.4 Å². The highest BCUT2D eigenvalue weighted by molar-refractivity contribution is 5.95. The summed E-state index contributed by atoms with van der Waals surface area (Å²) in [4.78, 5) is 25.4. The average Bonchev–Trinajstić information content (AvgIpc) is 3.37. The highest BCUT2D eigenvalue weighted by Gasteiger charge is 2.33. The zero-order valence-corrected chi connectivity index (χ0v) is 16.4. The molecule has 2 heterocycles. The highest BCUT2D eigenvalue weighted by Crippen LogP contribution is 2.32. The van der Waals surface area contributed by atoms with Gasteiger partial charge in [0.2, 0.25) is 0 Å². The number of rotatable bonds is 5. The van der Waals surface area contributed by atoms with Crippen molar-refractivity contribution < 1.29 is 4.79 Å². The third kappa shape index (κ3) is 4.24. The average molecular weight is 367 g/mol. The maximum absolute atomic E-state index is 13.3. The summed E-state index contributed by atoms with van der Waals surface area (Å²) in [5.41, 5.74) is 1.71. The van der Waals surface area contributed by atoms with Crippen LogP contribution in [0.4, 0.5) is 0 Å². The summed E-state index contributed by atoms with van der Waals surface area (Å²) in [6.45, 7) is 8.56. The molecule has 5 heteroatoms. The Labute approximate surface area is 161 Å². The predicted octanol–water partition coefficient (Wildman–Crippen LogP) is 3.66. The Hall–Kier alpha value is -2.14. The Morgan fingerprint density at radius 3 is 2.85 bits per heavy atom. The predicted molar refractivity (Wildman–Crippen MR) is 107 cm³/mol. The van der Waals surface area contributed by atoms with E-state index in [2.05, 4.69) is 33.6 Å². The number of hydrogen-bond donors (Lipinski definition) is 1. The SMILES string of the molecule is CC(C)C1CN(C(=O)c2cccc(-c3ncc[nH]3)c2)CCCN1CC1CC1. The van der Waals surface area contributed by atoms with Crippen molar-refractivity contribution in [3.05, 3.63) is 42.2 Å². The van der Waals surface area contributed by atoms with E-state index in [0.29, 0.717) is 12.0 Å². The van der Waals surface area contributed by atoms with E-state index in [-0.39, 0.29) is 5.91 Å². The van der Waals surface area contributed by atoms with E-state index in [9.17, 15) is 4.79 Å². The van der Waals surface area contributed by atoms with E-state index in [4.69, 9.17) is 0 Å². The molecule has 1 amide bonds. The van der Waals surface area contributed by atoms with Crippen molar-refractivity contribution in [3.63, 3.8) is 0 Å². The van der Waals surface area contributed by atoms with Gasteiger partial charge in [-0.15, -0.1) is 0 Å². The van der Waals surface area contributed by atoms with Crippen molar-refractivity contribution in [3.8, 4) is 11.4 Å². The molecule has 1 N–H and O–H groups in total. The smallest absolute Gasteiger partial charge is 0.253 e. The first kappa shape index (κ1) is 18.2. The molecule has 4 rings (SSSR count). The Morgan fingerprint density at radius 1 is 1.30 bits per heavy atom. The van der Waals surface area contributed by atoms with Crippen LogP contribution in [0.5, 0.6) is 0 Å². The topological polar surface area (TPSA) is 52.2 Å². The number of carbonyl (C=O) groups excluding carboxylic acids is 1. The molecule has 27 heavy (non-hydrogen) atoms. The van der Waals surface area contributed by atoms with Crippen molar-refractivity contribution in [1.29, 1.82) is 0 Å².